The second-order valence-corrected chi connectivity index (χ2v) is 3.75. The van der Waals surface area contributed by atoms with E-state index in [0.717, 1.165) is 0 Å². The van der Waals surface area contributed by atoms with Crippen LogP contribution in [-0.4, -0.2) is 43.2 Å². The number of amides is 1. The molecule has 0 spiro atoms. The van der Waals surface area contributed by atoms with Crippen LogP contribution in [0.3, 0.4) is 0 Å². The van der Waals surface area contributed by atoms with E-state index in [1.807, 2.05) is 0 Å². The van der Waals surface area contributed by atoms with E-state index >= 15 is 0 Å². The van der Waals surface area contributed by atoms with Crippen molar-refractivity contribution in [1.82, 2.24) is 10.5 Å². The van der Waals surface area contributed by atoms with Crippen LogP contribution >= 0.6 is 0 Å². The van der Waals surface area contributed by atoms with E-state index in [4.69, 9.17) is 19.1 Å². The zero-order valence-corrected chi connectivity index (χ0v) is 11.0. The van der Waals surface area contributed by atoms with Gasteiger partial charge in [-0.2, -0.15) is 0 Å². The molecule has 0 radical (unpaired) electrons. The highest BCUT2D eigenvalue weighted by atomic mass is 19.1. The predicted octanol–water partition coefficient (Wildman–Crippen LogP) is 0.546. The Hall–Kier alpha value is -1.51. The van der Waals surface area contributed by atoms with Crippen molar-refractivity contribution in [3.63, 3.8) is 0 Å². The third-order valence-corrected chi connectivity index (χ3v) is 2.51. The van der Waals surface area contributed by atoms with Gasteiger partial charge in [0.25, 0.3) is 5.91 Å². The highest BCUT2D eigenvalue weighted by Gasteiger charge is 2.25. The van der Waals surface area contributed by atoms with Crippen molar-refractivity contribution in [3.05, 3.63) is 17.0 Å². The number of aromatic nitrogens is 1. The summed E-state index contributed by atoms with van der Waals surface area (Å²) in [6, 6.07) is 0. The first-order valence-corrected chi connectivity index (χ1v) is 5.62. The fourth-order valence-corrected chi connectivity index (χ4v) is 1.54. The number of hydrogen-bond donors (Lipinski definition) is 2. The Bertz CT molecular complexity index is 417. The molecule has 1 aromatic heterocycles. The van der Waals surface area contributed by atoms with Gasteiger partial charge in [0.1, 0.15) is 12.8 Å². The molecule has 7 nitrogen and oxygen atoms in total. The van der Waals surface area contributed by atoms with Gasteiger partial charge in [-0.25, -0.2) is 4.39 Å². The zero-order chi connectivity index (χ0) is 14.4. The maximum absolute atomic E-state index is 13.4. The number of alkyl halides is 1. The summed E-state index contributed by atoms with van der Waals surface area (Å²) in [5, 5.41) is 14.9. The number of aliphatic hydroxyl groups excluding tert-OH is 1. The molecule has 0 aromatic carbocycles. The van der Waals surface area contributed by atoms with Crippen LogP contribution in [0.1, 0.15) is 34.9 Å². The van der Waals surface area contributed by atoms with Gasteiger partial charge in [-0.3, -0.25) is 4.79 Å². The van der Waals surface area contributed by atoms with E-state index in [9.17, 15) is 9.18 Å². The van der Waals surface area contributed by atoms with Crippen LogP contribution in [0.25, 0.3) is 0 Å². The summed E-state index contributed by atoms with van der Waals surface area (Å²) in [7, 11) is 2.85. The smallest absolute Gasteiger partial charge is 0.274 e. The first-order chi connectivity index (χ1) is 9.04. The second-order valence-electron chi connectivity index (χ2n) is 3.75. The van der Waals surface area contributed by atoms with Crippen LogP contribution < -0.4 is 5.32 Å². The average molecular weight is 276 g/mol. The molecule has 1 rings (SSSR count). The fraction of sp³-hybridized carbons (Fsp3) is 0.636. The number of methoxy groups -OCH3 is 2. The minimum absolute atomic E-state index is 0.0496. The summed E-state index contributed by atoms with van der Waals surface area (Å²) in [6.07, 6.45) is -2.09. The predicted molar refractivity (Wildman–Crippen MR) is 62.1 cm³/mol. The summed E-state index contributed by atoms with van der Waals surface area (Å²) >= 11 is 0. The van der Waals surface area contributed by atoms with Crippen molar-refractivity contribution in [2.75, 3.05) is 20.8 Å². The van der Waals surface area contributed by atoms with Crippen LogP contribution in [0.4, 0.5) is 4.39 Å². The number of carbonyl (C=O) groups excluding carboxylic acids is 1. The van der Waals surface area contributed by atoms with Gasteiger partial charge in [0.15, 0.2) is 17.7 Å². The highest BCUT2D eigenvalue weighted by Crippen LogP contribution is 2.25. The van der Waals surface area contributed by atoms with Crippen molar-refractivity contribution in [3.8, 4) is 0 Å². The minimum atomic E-state index is -1.48. The Labute approximate surface area is 109 Å². The van der Waals surface area contributed by atoms with Crippen molar-refractivity contribution < 1.29 is 28.3 Å². The van der Waals surface area contributed by atoms with Crippen LogP contribution in [0.2, 0.25) is 0 Å². The number of nitrogens with zero attached hydrogens (tertiary/aromatic N) is 1. The molecule has 0 aliphatic rings. The molecular formula is C11H17FN2O5. The first kappa shape index (κ1) is 15.5. The number of rotatable bonds is 7. The van der Waals surface area contributed by atoms with Crippen LogP contribution in [-0.2, 0) is 16.1 Å². The van der Waals surface area contributed by atoms with Crippen LogP contribution in [0.15, 0.2) is 4.52 Å². The zero-order valence-electron chi connectivity index (χ0n) is 11.0. The molecule has 108 valence electrons. The van der Waals surface area contributed by atoms with Gasteiger partial charge in [0.2, 0.25) is 0 Å². The summed E-state index contributed by atoms with van der Waals surface area (Å²) in [4.78, 5) is 11.8. The van der Waals surface area contributed by atoms with Crippen molar-refractivity contribution >= 4 is 5.91 Å². The second kappa shape index (κ2) is 7.17. The lowest BCUT2D eigenvalue weighted by Gasteiger charge is -2.13. The maximum atomic E-state index is 13.4. The Morgan fingerprint density at radius 3 is 2.63 bits per heavy atom. The molecule has 0 saturated heterocycles. The van der Waals surface area contributed by atoms with Crippen molar-refractivity contribution in [2.45, 2.75) is 26.0 Å². The van der Waals surface area contributed by atoms with Gasteiger partial charge in [0, 0.05) is 14.2 Å². The molecule has 0 saturated carbocycles. The number of nitrogens with one attached hydrogen (secondary N) is 1. The third-order valence-electron chi connectivity index (χ3n) is 2.51. The number of carbonyl (C=O) groups is 1. The summed E-state index contributed by atoms with van der Waals surface area (Å²) < 4.78 is 27.9. The van der Waals surface area contributed by atoms with Gasteiger partial charge in [-0.05, 0) is 6.92 Å². The van der Waals surface area contributed by atoms with Crippen LogP contribution in [0.5, 0.6) is 0 Å². The lowest BCUT2D eigenvalue weighted by molar-refractivity contribution is -0.0974. The molecule has 0 aliphatic carbocycles. The van der Waals surface area contributed by atoms with Gasteiger partial charge in [-0.15, -0.1) is 0 Å². The van der Waals surface area contributed by atoms with E-state index in [0.29, 0.717) is 0 Å². The SMILES string of the molecule is COC(CNC(=O)c1noc(CO)c1C(C)F)OC. The molecule has 0 fully saturated rings. The molecule has 0 bridgehead atoms. The van der Waals surface area contributed by atoms with E-state index < -0.39 is 25.0 Å². The van der Waals surface area contributed by atoms with Gasteiger partial charge in [-0.1, -0.05) is 5.16 Å². The Kier molecular flexibility index (Phi) is 5.87. The van der Waals surface area contributed by atoms with E-state index in [-0.39, 0.29) is 23.6 Å². The Balaban J connectivity index is 2.79. The minimum Gasteiger partial charge on any atom is -0.388 e. The summed E-state index contributed by atoms with van der Waals surface area (Å²) in [6.45, 7) is 0.783. The largest absolute Gasteiger partial charge is 0.388 e. The number of ether oxygens (including phenoxy) is 2. The van der Waals surface area contributed by atoms with Gasteiger partial charge >= 0.3 is 0 Å². The summed E-state index contributed by atoms with van der Waals surface area (Å²) in [5.41, 5.74) is -0.239. The normalized spacial score (nSPS) is 12.7. The molecule has 8 heteroatoms. The molecule has 0 aliphatic heterocycles. The lowest BCUT2D eigenvalue weighted by Crippen LogP contribution is -2.34. The molecule has 1 atom stereocenters. The Morgan fingerprint density at radius 2 is 2.16 bits per heavy atom. The van der Waals surface area contributed by atoms with Crippen molar-refractivity contribution in [1.29, 1.82) is 0 Å². The lowest BCUT2D eigenvalue weighted by atomic mass is 10.1. The highest BCUT2D eigenvalue weighted by molar-refractivity contribution is 5.93. The first-order valence-electron chi connectivity index (χ1n) is 5.62. The summed E-state index contributed by atoms with van der Waals surface area (Å²) in [5.74, 6) is -0.683. The van der Waals surface area contributed by atoms with Crippen LogP contribution in [0, 0.1) is 0 Å². The molecule has 1 unspecified atom stereocenters. The number of hydrogen-bond acceptors (Lipinski definition) is 6. The quantitative estimate of drug-likeness (QED) is 0.706. The van der Waals surface area contributed by atoms with E-state index in [1.54, 1.807) is 0 Å². The maximum Gasteiger partial charge on any atom is 0.274 e. The standard InChI is InChI=1S/C11H17FN2O5/c1-6(12)9-7(5-15)19-14-10(9)11(16)13-4-8(17-2)18-3/h6,8,15H,4-5H2,1-3H3,(H,13,16). The molecular weight excluding hydrogens is 259 g/mol. The molecule has 1 amide bonds. The molecule has 2 N–H and O–H groups in total. The van der Waals surface area contributed by atoms with Gasteiger partial charge in [0.05, 0.1) is 12.1 Å². The average Bonchev–Trinajstić information content (AvgIpc) is 2.83. The monoisotopic (exact) mass is 276 g/mol. The molecule has 1 heterocycles. The third kappa shape index (κ3) is 3.72. The van der Waals surface area contributed by atoms with Gasteiger partial charge < -0.3 is 24.4 Å². The topological polar surface area (TPSA) is 93.8 Å². The number of aliphatic hydroxyl groups is 1. The molecule has 1 aromatic rings. The van der Waals surface area contributed by atoms with E-state index in [1.165, 1.54) is 21.1 Å². The fourth-order valence-electron chi connectivity index (χ4n) is 1.54. The van der Waals surface area contributed by atoms with Crippen molar-refractivity contribution in [2.24, 2.45) is 0 Å². The Morgan fingerprint density at radius 1 is 1.53 bits per heavy atom. The van der Waals surface area contributed by atoms with E-state index in [2.05, 4.69) is 10.5 Å². The number of halogens is 1. The molecule has 19 heavy (non-hydrogen) atoms.